The Balaban J connectivity index is 1.32. The molecule has 7 nitrogen and oxygen atoms in total. The number of hydrogen-bond acceptors (Lipinski definition) is 7. The van der Waals surface area contributed by atoms with E-state index in [0.29, 0.717) is 35.4 Å². The largest absolute Gasteiger partial charge is 0.486 e. The molecule has 1 aliphatic heterocycles. The zero-order valence-corrected chi connectivity index (χ0v) is 15.5. The summed E-state index contributed by atoms with van der Waals surface area (Å²) in [5, 5.41) is 4.99. The molecule has 28 heavy (non-hydrogen) atoms. The van der Waals surface area contributed by atoms with Crippen LogP contribution in [0.4, 0.5) is 5.69 Å². The van der Waals surface area contributed by atoms with Gasteiger partial charge in [-0.05, 0) is 12.1 Å². The molecule has 8 heteroatoms. The Labute approximate surface area is 164 Å². The smallest absolute Gasteiger partial charge is 0.358 e. The summed E-state index contributed by atoms with van der Waals surface area (Å²) in [7, 11) is 0. The molecular weight excluding hydrogens is 380 g/mol. The second kappa shape index (κ2) is 8.10. The van der Waals surface area contributed by atoms with Crippen molar-refractivity contribution in [3.63, 3.8) is 0 Å². The number of nitrogens with zero attached hydrogens (tertiary/aromatic N) is 1. The standard InChI is InChI=1S/C20H16N2O5S/c23-18(21-14-6-7-16-17(10-14)26-9-8-25-16)11-27-20(24)15-12-28-19(22-15)13-4-2-1-3-5-13/h1-7,10,12H,8-9,11H2,(H,21,23). The van der Waals surface area contributed by atoms with Gasteiger partial charge in [-0.2, -0.15) is 0 Å². The van der Waals surface area contributed by atoms with E-state index >= 15 is 0 Å². The average Bonchev–Trinajstić information content (AvgIpc) is 3.23. The van der Waals surface area contributed by atoms with Gasteiger partial charge in [-0.3, -0.25) is 4.79 Å². The molecule has 2 aromatic carbocycles. The zero-order valence-electron chi connectivity index (χ0n) is 14.7. The number of hydrogen-bond donors (Lipinski definition) is 1. The van der Waals surface area contributed by atoms with E-state index in [2.05, 4.69) is 10.3 Å². The van der Waals surface area contributed by atoms with E-state index in [1.165, 1.54) is 11.3 Å². The van der Waals surface area contributed by atoms with Crippen LogP contribution in [0, 0.1) is 0 Å². The maximum Gasteiger partial charge on any atom is 0.358 e. The van der Waals surface area contributed by atoms with Crippen LogP contribution in [0.2, 0.25) is 0 Å². The number of carbonyl (C=O) groups excluding carboxylic acids is 2. The van der Waals surface area contributed by atoms with Crippen LogP contribution in [-0.2, 0) is 9.53 Å². The van der Waals surface area contributed by atoms with Gasteiger partial charge in [0.1, 0.15) is 18.2 Å². The van der Waals surface area contributed by atoms with Gasteiger partial charge in [-0.1, -0.05) is 30.3 Å². The lowest BCUT2D eigenvalue weighted by Crippen LogP contribution is -2.21. The van der Waals surface area contributed by atoms with Gasteiger partial charge in [-0.15, -0.1) is 11.3 Å². The molecule has 0 fully saturated rings. The molecule has 1 N–H and O–H groups in total. The molecule has 1 amide bonds. The number of ether oxygens (including phenoxy) is 3. The highest BCUT2D eigenvalue weighted by Gasteiger charge is 2.16. The van der Waals surface area contributed by atoms with E-state index in [1.54, 1.807) is 23.6 Å². The van der Waals surface area contributed by atoms with Crippen LogP contribution in [0.15, 0.2) is 53.9 Å². The second-order valence-corrected chi connectivity index (χ2v) is 6.74. The van der Waals surface area contributed by atoms with E-state index < -0.39 is 18.5 Å². The summed E-state index contributed by atoms with van der Waals surface area (Å²) in [4.78, 5) is 28.5. The maximum atomic E-state index is 12.1. The molecular formula is C20H16N2O5S. The molecule has 0 saturated carbocycles. The highest BCUT2D eigenvalue weighted by atomic mass is 32.1. The number of benzene rings is 2. The first-order valence-electron chi connectivity index (χ1n) is 8.56. The van der Waals surface area contributed by atoms with Crippen molar-refractivity contribution in [3.8, 4) is 22.1 Å². The summed E-state index contributed by atoms with van der Waals surface area (Å²) in [6, 6.07) is 14.6. The van der Waals surface area contributed by atoms with E-state index in [0.717, 1.165) is 5.56 Å². The number of nitrogens with one attached hydrogen (secondary N) is 1. The molecule has 1 aromatic heterocycles. The highest BCUT2D eigenvalue weighted by Crippen LogP contribution is 2.32. The summed E-state index contributed by atoms with van der Waals surface area (Å²) in [5.41, 5.74) is 1.63. The second-order valence-electron chi connectivity index (χ2n) is 5.89. The fourth-order valence-corrected chi connectivity index (χ4v) is 3.40. The molecule has 0 atom stereocenters. The first kappa shape index (κ1) is 18.0. The van der Waals surface area contributed by atoms with Crippen LogP contribution in [0.1, 0.15) is 10.5 Å². The van der Waals surface area contributed by atoms with Crippen molar-refractivity contribution >= 4 is 28.9 Å². The third-order valence-corrected chi connectivity index (χ3v) is 4.79. The Morgan fingerprint density at radius 3 is 2.68 bits per heavy atom. The van der Waals surface area contributed by atoms with Crippen LogP contribution >= 0.6 is 11.3 Å². The Morgan fingerprint density at radius 2 is 1.86 bits per heavy atom. The van der Waals surface area contributed by atoms with Gasteiger partial charge in [-0.25, -0.2) is 9.78 Å². The van der Waals surface area contributed by atoms with E-state index in [-0.39, 0.29) is 5.69 Å². The zero-order chi connectivity index (χ0) is 19.3. The third-order valence-electron chi connectivity index (χ3n) is 3.89. The topological polar surface area (TPSA) is 86.8 Å². The van der Waals surface area contributed by atoms with E-state index in [1.807, 2.05) is 30.3 Å². The monoisotopic (exact) mass is 396 g/mol. The number of rotatable bonds is 5. The number of anilines is 1. The lowest BCUT2D eigenvalue weighted by Gasteiger charge is -2.18. The summed E-state index contributed by atoms with van der Waals surface area (Å²) in [5.74, 6) is 0.102. The minimum Gasteiger partial charge on any atom is -0.486 e. The predicted octanol–water partition coefficient (Wildman–Crippen LogP) is 3.38. The molecule has 0 bridgehead atoms. The maximum absolute atomic E-state index is 12.1. The van der Waals surface area contributed by atoms with Crippen LogP contribution < -0.4 is 14.8 Å². The highest BCUT2D eigenvalue weighted by molar-refractivity contribution is 7.13. The SMILES string of the molecule is O=C(COC(=O)c1csc(-c2ccccc2)n1)Nc1ccc2c(c1)OCCO2. The molecule has 0 unspecified atom stereocenters. The number of aromatic nitrogens is 1. The molecule has 0 saturated heterocycles. The van der Waals surface area contributed by atoms with Crippen LogP contribution in [0.3, 0.4) is 0 Å². The molecule has 4 rings (SSSR count). The van der Waals surface area contributed by atoms with Crippen LogP contribution in [0.25, 0.3) is 10.6 Å². The van der Waals surface area contributed by atoms with Gasteiger partial charge in [0, 0.05) is 22.7 Å². The van der Waals surface area contributed by atoms with Crippen molar-refractivity contribution in [1.29, 1.82) is 0 Å². The fourth-order valence-electron chi connectivity index (χ4n) is 2.60. The first-order valence-corrected chi connectivity index (χ1v) is 9.44. The number of amides is 1. The van der Waals surface area contributed by atoms with Crippen molar-refractivity contribution in [2.24, 2.45) is 0 Å². The number of esters is 1. The molecule has 0 spiro atoms. The van der Waals surface area contributed by atoms with Gasteiger partial charge >= 0.3 is 5.97 Å². The minimum atomic E-state index is -0.643. The Morgan fingerprint density at radius 1 is 1.07 bits per heavy atom. The molecule has 3 aromatic rings. The van der Waals surface area contributed by atoms with E-state index in [9.17, 15) is 9.59 Å². The predicted molar refractivity (Wildman–Crippen MR) is 104 cm³/mol. The van der Waals surface area contributed by atoms with E-state index in [4.69, 9.17) is 14.2 Å². The lowest BCUT2D eigenvalue weighted by atomic mass is 10.2. The number of fused-ring (bicyclic) bond motifs is 1. The van der Waals surface area contributed by atoms with Gasteiger partial charge < -0.3 is 19.5 Å². The van der Waals surface area contributed by atoms with Gasteiger partial charge in [0.2, 0.25) is 0 Å². The van der Waals surface area contributed by atoms with Crippen molar-refractivity contribution in [3.05, 3.63) is 59.6 Å². The molecule has 0 radical (unpaired) electrons. The molecule has 0 aliphatic carbocycles. The summed E-state index contributed by atoms with van der Waals surface area (Å²) < 4.78 is 16.0. The normalized spacial score (nSPS) is 12.3. The van der Waals surface area contributed by atoms with Crippen LogP contribution in [-0.4, -0.2) is 36.7 Å². The number of carbonyl (C=O) groups is 2. The third kappa shape index (κ3) is 4.12. The van der Waals surface area contributed by atoms with Crippen molar-refractivity contribution < 1.29 is 23.8 Å². The van der Waals surface area contributed by atoms with Gasteiger partial charge in [0.05, 0.1) is 0 Å². The molecule has 1 aliphatic rings. The van der Waals surface area contributed by atoms with Crippen molar-refractivity contribution in [2.75, 3.05) is 25.1 Å². The summed E-state index contributed by atoms with van der Waals surface area (Å²) in [6.07, 6.45) is 0. The minimum absolute atomic E-state index is 0.177. The van der Waals surface area contributed by atoms with Gasteiger partial charge in [0.25, 0.3) is 5.91 Å². The van der Waals surface area contributed by atoms with Crippen molar-refractivity contribution in [2.45, 2.75) is 0 Å². The quantitative estimate of drug-likeness (QED) is 0.666. The average molecular weight is 396 g/mol. The van der Waals surface area contributed by atoms with Crippen LogP contribution in [0.5, 0.6) is 11.5 Å². The Hall–Kier alpha value is -3.39. The lowest BCUT2D eigenvalue weighted by molar-refractivity contribution is -0.119. The Bertz CT molecular complexity index is 1000. The molecule has 2 heterocycles. The van der Waals surface area contributed by atoms with Crippen molar-refractivity contribution in [1.82, 2.24) is 4.98 Å². The summed E-state index contributed by atoms with van der Waals surface area (Å²) >= 11 is 1.34. The molecule has 142 valence electrons. The Kier molecular flexibility index (Phi) is 5.20. The fraction of sp³-hybridized carbons (Fsp3) is 0.150. The number of thiazole rings is 1. The first-order chi connectivity index (χ1) is 13.7. The summed E-state index contributed by atoms with van der Waals surface area (Å²) in [6.45, 7) is 0.545. The van der Waals surface area contributed by atoms with Gasteiger partial charge in [0.15, 0.2) is 23.8 Å².